The second-order valence-electron chi connectivity index (χ2n) is 6.85. The first-order valence-corrected chi connectivity index (χ1v) is 9.29. The van der Waals surface area contributed by atoms with E-state index in [1.54, 1.807) is 7.11 Å². The SMILES string of the molecule is CCOc1ccc(CN(C)C[C@@H](O)COc2ccc(C)cc2C)cc1OC. The van der Waals surface area contributed by atoms with E-state index in [4.69, 9.17) is 14.2 Å². The number of benzene rings is 2. The van der Waals surface area contributed by atoms with Crippen LogP contribution in [-0.2, 0) is 6.54 Å². The number of aliphatic hydroxyl groups excluding tert-OH is 1. The van der Waals surface area contributed by atoms with Crippen molar-refractivity contribution in [2.24, 2.45) is 0 Å². The van der Waals surface area contributed by atoms with Gasteiger partial charge in [-0.3, -0.25) is 4.90 Å². The Hall–Kier alpha value is -2.24. The summed E-state index contributed by atoms with van der Waals surface area (Å²) in [5.41, 5.74) is 3.38. The lowest BCUT2D eigenvalue weighted by atomic mass is 10.1. The number of methoxy groups -OCH3 is 1. The van der Waals surface area contributed by atoms with Crippen molar-refractivity contribution in [3.63, 3.8) is 0 Å². The highest BCUT2D eigenvalue weighted by Gasteiger charge is 2.12. The summed E-state index contributed by atoms with van der Waals surface area (Å²) in [5.74, 6) is 2.29. The molecule has 0 heterocycles. The highest BCUT2D eigenvalue weighted by atomic mass is 16.5. The Balaban J connectivity index is 1.86. The van der Waals surface area contributed by atoms with Gasteiger partial charge in [0.1, 0.15) is 18.5 Å². The molecule has 0 amide bonds. The molecule has 0 unspecified atom stereocenters. The number of rotatable bonds is 10. The molecular formula is C22H31NO4. The Morgan fingerprint density at radius 1 is 1.00 bits per heavy atom. The first-order valence-electron chi connectivity index (χ1n) is 9.29. The minimum Gasteiger partial charge on any atom is -0.493 e. The molecule has 5 nitrogen and oxygen atoms in total. The Kier molecular flexibility index (Phi) is 7.95. The number of hydrogen-bond donors (Lipinski definition) is 1. The maximum Gasteiger partial charge on any atom is 0.161 e. The van der Waals surface area contributed by atoms with Gasteiger partial charge < -0.3 is 19.3 Å². The topological polar surface area (TPSA) is 51.2 Å². The van der Waals surface area contributed by atoms with Gasteiger partial charge in [0, 0.05) is 13.1 Å². The van der Waals surface area contributed by atoms with Crippen LogP contribution in [0.3, 0.4) is 0 Å². The molecule has 0 fully saturated rings. The second-order valence-corrected chi connectivity index (χ2v) is 6.85. The molecule has 1 N–H and O–H groups in total. The zero-order valence-electron chi connectivity index (χ0n) is 17.0. The molecule has 0 aromatic heterocycles. The third-order valence-electron chi connectivity index (χ3n) is 4.26. The molecule has 27 heavy (non-hydrogen) atoms. The molecule has 0 saturated heterocycles. The number of ether oxygens (including phenoxy) is 3. The van der Waals surface area contributed by atoms with Crippen LogP contribution < -0.4 is 14.2 Å². The van der Waals surface area contributed by atoms with Crippen molar-refractivity contribution in [2.75, 3.05) is 33.9 Å². The van der Waals surface area contributed by atoms with E-state index >= 15 is 0 Å². The molecule has 148 valence electrons. The van der Waals surface area contributed by atoms with Crippen LogP contribution in [0.15, 0.2) is 36.4 Å². The standard InChI is InChI=1S/C22H31NO4/c1-6-26-21-10-8-18(12-22(21)25-5)13-23(4)14-19(24)15-27-20-9-7-16(2)11-17(20)3/h7-12,19,24H,6,13-15H2,1-5H3/t19-/m1/s1. The maximum absolute atomic E-state index is 10.3. The van der Waals surface area contributed by atoms with Crippen LogP contribution >= 0.6 is 0 Å². The summed E-state index contributed by atoms with van der Waals surface area (Å²) in [7, 11) is 3.61. The summed E-state index contributed by atoms with van der Waals surface area (Å²) in [4.78, 5) is 2.06. The zero-order chi connectivity index (χ0) is 19.8. The number of aryl methyl sites for hydroxylation is 2. The molecule has 1 atom stereocenters. The van der Waals surface area contributed by atoms with E-state index in [0.717, 1.165) is 28.4 Å². The summed E-state index contributed by atoms with van der Waals surface area (Å²) >= 11 is 0. The number of likely N-dealkylation sites (N-methyl/N-ethyl adjacent to an activating group) is 1. The van der Waals surface area contributed by atoms with Crippen molar-refractivity contribution in [1.82, 2.24) is 4.90 Å². The summed E-state index contributed by atoms with van der Waals surface area (Å²) in [6.45, 7) is 8.09. The smallest absolute Gasteiger partial charge is 0.161 e. The normalized spacial score (nSPS) is 12.1. The molecule has 0 aliphatic carbocycles. The van der Waals surface area contributed by atoms with Crippen LogP contribution in [-0.4, -0.2) is 50.0 Å². The molecule has 0 saturated carbocycles. The molecule has 2 aromatic carbocycles. The Morgan fingerprint density at radius 2 is 1.74 bits per heavy atom. The average molecular weight is 373 g/mol. The average Bonchev–Trinajstić information content (AvgIpc) is 2.62. The molecule has 0 radical (unpaired) electrons. The minimum atomic E-state index is -0.569. The highest BCUT2D eigenvalue weighted by Crippen LogP contribution is 2.28. The lowest BCUT2D eigenvalue weighted by Crippen LogP contribution is -2.32. The van der Waals surface area contributed by atoms with E-state index in [1.807, 2.05) is 51.2 Å². The lowest BCUT2D eigenvalue weighted by Gasteiger charge is -2.22. The van der Waals surface area contributed by atoms with E-state index in [0.29, 0.717) is 19.7 Å². The third-order valence-corrected chi connectivity index (χ3v) is 4.26. The molecule has 0 aliphatic rings. The highest BCUT2D eigenvalue weighted by molar-refractivity contribution is 5.43. The van der Waals surface area contributed by atoms with Crippen LogP contribution in [0.4, 0.5) is 0 Å². The number of aliphatic hydroxyl groups is 1. The molecule has 0 aliphatic heterocycles. The first-order chi connectivity index (χ1) is 12.9. The number of nitrogens with zero attached hydrogens (tertiary/aromatic N) is 1. The van der Waals surface area contributed by atoms with E-state index in [2.05, 4.69) is 17.9 Å². The van der Waals surface area contributed by atoms with Crippen molar-refractivity contribution >= 4 is 0 Å². The summed E-state index contributed by atoms with van der Waals surface area (Å²) in [6.07, 6.45) is -0.569. The van der Waals surface area contributed by atoms with Gasteiger partial charge in [-0.1, -0.05) is 23.8 Å². The fourth-order valence-electron chi connectivity index (χ4n) is 3.02. The van der Waals surface area contributed by atoms with Gasteiger partial charge >= 0.3 is 0 Å². The third kappa shape index (κ3) is 6.45. The van der Waals surface area contributed by atoms with Gasteiger partial charge in [0.15, 0.2) is 11.5 Å². The molecule has 0 bridgehead atoms. The molecule has 2 rings (SSSR count). The van der Waals surface area contributed by atoms with Gasteiger partial charge in [-0.15, -0.1) is 0 Å². The molecule has 0 spiro atoms. The van der Waals surface area contributed by atoms with Gasteiger partial charge in [0.25, 0.3) is 0 Å². The van der Waals surface area contributed by atoms with Crippen molar-refractivity contribution in [3.8, 4) is 17.2 Å². The zero-order valence-corrected chi connectivity index (χ0v) is 17.0. The van der Waals surface area contributed by atoms with Crippen molar-refractivity contribution in [3.05, 3.63) is 53.1 Å². The van der Waals surface area contributed by atoms with Gasteiger partial charge in [-0.2, -0.15) is 0 Å². The fraction of sp³-hybridized carbons (Fsp3) is 0.455. The quantitative estimate of drug-likeness (QED) is 0.690. The predicted octanol–water partition coefficient (Wildman–Crippen LogP) is 3.58. The Morgan fingerprint density at radius 3 is 2.41 bits per heavy atom. The van der Waals surface area contributed by atoms with Crippen LogP contribution in [0.5, 0.6) is 17.2 Å². The molecule has 5 heteroatoms. The monoisotopic (exact) mass is 373 g/mol. The van der Waals surface area contributed by atoms with Gasteiger partial charge in [0.2, 0.25) is 0 Å². The van der Waals surface area contributed by atoms with Crippen LogP contribution in [0, 0.1) is 13.8 Å². The van der Waals surface area contributed by atoms with E-state index in [1.165, 1.54) is 5.56 Å². The van der Waals surface area contributed by atoms with E-state index < -0.39 is 6.10 Å². The van der Waals surface area contributed by atoms with Crippen LogP contribution in [0.2, 0.25) is 0 Å². The van der Waals surface area contributed by atoms with Gasteiger partial charge in [0.05, 0.1) is 13.7 Å². The molecule has 2 aromatic rings. The maximum atomic E-state index is 10.3. The van der Waals surface area contributed by atoms with E-state index in [9.17, 15) is 5.11 Å². The Labute approximate surface area is 162 Å². The van der Waals surface area contributed by atoms with Crippen molar-refractivity contribution in [2.45, 2.75) is 33.4 Å². The largest absolute Gasteiger partial charge is 0.493 e. The molecular weight excluding hydrogens is 342 g/mol. The minimum absolute atomic E-state index is 0.265. The lowest BCUT2D eigenvalue weighted by molar-refractivity contribution is 0.0741. The van der Waals surface area contributed by atoms with Crippen molar-refractivity contribution in [1.29, 1.82) is 0 Å². The Bertz CT molecular complexity index is 732. The fourth-order valence-corrected chi connectivity index (χ4v) is 3.02. The van der Waals surface area contributed by atoms with Crippen molar-refractivity contribution < 1.29 is 19.3 Å². The second kappa shape index (κ2) is 10.2. The van der Waals surface area contributed by atoms with Crippen LogP contribution in [0.1, 0.15) is 23.6 Å². The van der Waals surface area contributed by atoms with Crippen LogP contribution in [0.25, 0.3) is 0 Å². The summed E-state index contributed by atoms with van der Waals surface area (Å²) < 4.78 is 16.7. The predicted molar refractivity (Wildman–Crippen MR) is 108 cm³/mol. The first kappa shape index (κ1) is 21.1. The van der Waals surface area contributed by atoms with Gasteiger partial charge in [-0.25, -0.2) is 0 Å². The number of hydrogen-bond acceptors (Lipinski definition) is 5. The summed E-state index contributed by atoms with van der Waals surface area (Å²) in [5, 5.41) is 10.3. The van der Waals surface area contributed by atoms with E-state index in [-0.39, 0.29) is 6.61 Å². The summed E-state index contributed by atoms with van der Waals surface area (Å²) in [6, 6.07) is 12.0. The van der Waals surface area contributed by atoms with Gasteiger partial charge in [-0.05, 0) is 57.1 Å².